The van der Waals surface area contributed by atoms with Gasteiger partial charge in [0.1, 0.15) is 5.75 Å². The lowest BCUT2D eigenvalue weighted by atomic mass is 10.0. The highest BCUT2D eigenvalue weighted by molar-refractivity contribution is 6.43. The topological polar surface area (TPSA) is 46.6 Å². The van der Waals surface area contributed by atoms with E-state index in [9.17, 15) is 9.59 Å². The number of benzene rings is 2. The fraction of sp³-hybridized carbons (Fsp3) is 0.111. The highest BCUT2D eigenvalue weighted by atomic mass is 16.5. The first-order chi connectivity index (χ1) is 10.6. The van der Waals surface area contributed by atoms with Crippen LogP contribution in [0.4, 0.5) is 5.69 Å². The maximum absolute atomic E-state index is 12.6. The van der Waals surface area contributed by atoms with Gasteiger partial charge in [-0.3, -0.25) is 9.59 Å². The third kappa shape index (κ3) is 2.39. The number of amides is 2. The van der Waals surface area contributed by atoms with E-state index < -0.39 is 0 Å². The summed E-state index contributed by atoms with van der Waals surface area (Å²) in [6.07, 6.45) is 1.39. The Morgan fingerprint density at radius 2 is 1.55 bits per heavy atom. The lowest BCUT2D eigenvalue weighted by Gasteiger charge is -2.15. The predicted molar refractivity (Wildman–Crippen MR) is 84.6 cm³/mol. The second-order valence-electron chi connectivity index (χ2n) is 5.10. The number of nitrogens with zero attached hydrogens (tertiary/aromatic N) is 1. The molecular formula is C18H15NO3. The van der Waals surface area contributed by atoms with Crippen LogP contribution >= 0.6 is 0 Å². The summed E-state index contributed by atoms with van der Waals surface area (Å²) in [5, 5.41) is 0. The standard InChI is InChI=1S/C18H15NO3/c1-12-3-5-13(6-4-12)16-11-17(20)19(18(16)21)14-7-9-15(22-2)10-8-14/h3-11H,1-2H3. The molecule has 1 aliphatic heterocycles. The van der Waals surface area contributed by atoms with E-state index in [1.54, 1.807) is 31.4 Å². The van der Waals surface area contributed by atoms with Gasteiger partial charge in [0.25, 0.3) is 11.8 Å². The number of hydrogen-bond donors (Lipinski definition) is 0. The van der Waals surface area contributed by atoms with Crippen LogP contribution in [-0.2, 0) is 9.59 Å². The number of carbonyl (C=O) groups excluding carboxylic acids is 2. The number of imide groups is 1. The Kier molecular flexibility index (Phi) is 3.51. The predicted octanol–water partition coefficient (Wildman–Crippen LogP) is 2.96. The molecule has 22 heavy (non-hydrogen) atoms. The van der Waals surface area contributed by atoms with Crippen molar-refractivity contribution in [3.8, 4) is 5.75 Å². The maximum atomic E-state index is 12.6. The Bertz CT molecular complexity index is 758. The zero-order valence-electron chi connectivity index (χ0n) is 12.4. The molecule has 1 aliphatic rings. The van der Waals surface area contributed by atoms with Crippen LogP contribution in [0.1, 0.15) is 11.1 Å². The molecule has 2 aromatic carbocycles. The molecule has 2 aromatic rings. The fourth-order valence-corrected chi connectivity index (χ4v) is 2.39. The average molecular weight is 293 g/mol. The third-order valence-corrected chi connectivity index (χ3v) is 3.61. The van der Waals surface area contributed by atoms with Crippen molar-refractivity contribution >= 4 is 23.1 Å². The number of anilines is 1. The van der Waals surface area contributed by atoms with E-state index in [2.05, 4.69) is 0 Å². The molecule has 0 aromatic heterocycles. The summed E-state index contributed by atoms with van der Waals surface area (Å²) in [4.78, 5) is 25.9. The van der Waals surface area contributed by atoms with Crippen molar-refractivity contribution < 1.29 is 14.3 Å². The van der Waals surface area contributed by atoms with Gasteiger partial charge >= 0.3 is 0 Å². The van der Waals surface area contributed by atoms with Gasteiger partial charge in [0.2, 0.25) is 0 Å². The molecule has 0 radical (unpaired) electrons. The van der Waals surface area contributed by atoms with Gasteiger partial charge < -0.3 is 4.74 Å². The molecule has 4 heteroatoms. The molecule has 110 valence electrons. The lowest BCUT2D eigenvalue weighted by molar-refractivity contribution is -0.119. The molecule has 0 atom stereocenters. The molecule has 0 spiro atoms. The maximum Gasteiger partial charge on any atom is 0.266 e. The van der Waals surface area contributed by atoms with Gasteiger partial charge in [-0.05, 0) is 36.8 Å². The smallest absolute Gasteiger partial charge is 0.266 e. The number of rotatable bonds is 3. The molecular weight excluding hydrogens is 278 g/mol. The molecule has 0 aliphatic carbocycles. The number of methoxy groups -OCH3 is 1. The first-order valence-electron chi connectivity index (χ1n) is 6.91. The van der Waals surface area contributed by atoms with Crippen molar-refractivity contribution in [2.24, 2.45) is 0 Å². The minimum atomic E-state index is -0.328. The minimum absolute atomic E-state index is 0.306. The molecule has 4 nitrogen and oxygen atoms in total. The van der Waals surface area contributed by atoms with Crippen LogP contribution in [0.5, 0.6) is 5.75 Å². The van der Waals surface area contributed by atoms with Gasteiger partial charge in [-0.15, -0.1) is 0 Å². The van der Waals surface area contributed by atoms with Gasteiger partial charge in [0, 0.05) is 6.08 Å². The van der Waals surface area contributed by atoms with E-state index in [4.69, 9.17) is 4.74 Å². The largest absolute Gasteiger partial charge is 0.497 e. The molecule has 3 rings (SSSR count). The van der Waals surface area contributed by atoms with Crippen LogP contribution < -0.4 is 9.64 Å². The zero-order chi connectivity index (χ0) is 15.7. The van der Waals surface area contributed by atoms with Crippen molar-refractivity contribution in [2.75, 3.05) is 12.0 Å². The molecule has 0 N–H and O–H groups in total. The van der Waals surface area contributed by atoms with Gasteiger partial charge in [-0.2, -0.15) is 0 Å². The highest BCUT2D eigenvalue weighted by Crippen LogP contribution is 2.29. The third-order valence-electron chi connectivity index (χ3n) is 3.61. The number of hydrogen-bond acceptors (Lipinski definition) is 3. The average Bonchev–Trinajstić information content (AvgIpc) is 2.83. The molecule has 0 saturated carbocycles. The minimum Gasteiger partial charge on any atom is -0.497 e. The van der Waals surface area contributed by atoms with Crippen LogP contribution in [0.3, 0.4) is 0 Å². The second-order valence-corrected chi connectivity index (χ2v) is 5.10. The Balaban J connectivity index is 1.92. The zero-order valence-corrected chi connectivity index (χ0v) is 12.4. The van der Waals surface area contributed by atoms with Crippen LogP contribution in [0.2, 0.25) is 0 Å². The Morgan fingerprint density at radius 1 is 0.909 bits per heavy atom. The summed E-state index contributed by atoms with van der Waals surface area (Å²) in [5.74, 6) is 0.0410. The molecule has 0 fully saturated rings. The SMILES string of the molecule is COc1ccc(N2C(=O)C=C(c3ccc(C)cc3)C2=O)cc1. The highest BCUT2D eigenvalue weighted by Gasteiger charge is 2.32. The second kappa shape index (κ2) is 5.48. The van der Waals surface area contributed by atoms with Crippen LogP contribution in [0.15, 0.2) is 54.6 Å². The molecule has 1 heterocycles. The Morgan fingerprint density at radius 3 is 2.14 bits per heavy atom. The van der Waals surface area contributed by atoms with Crippen LogP contribution in [0.25, 0.3) is 5.57 Å². The van der Waals surface area contributed by atoms with Crippen molar-refractivity contribution in [3.05, 3.63) is 65.7 Å². The number of aryl methyl sites for hydroxylation is 1. The first-order valence-corrected chi connectivity index (χ1v) is 6.91. The Labute approximate surface area is 128 Å². The van der Waals surface area contributed by atoms with Gasteiger partial charge in [0.05, 0.1) is 18.4 Å². The summed E-state index contributed by atoms with van der Waals surface area (Å²) in [6.45, 7) is 1.98. The van der Waals surface area contributed by atoms with Crippen molar-refractivity contribution in [2.45, 2.75) is 6.92 Å². The lowest BCUT2D eigenvalue weighted by Crippen LogP contribution is -2.30. The molecule has 0 saturated heterocycles. The van der Waals surface area contributed by atoms with E-state index in [-0.39, 0.29) is 11.8 Å². The van der Waals surface area contributed by atoms with E-state index in [1.165, 1.54) is 11.0 Å². The monoisotopic (exact) mass is 293 g/mol. The van der Waals surface area contributed by atoms with Gasteiger partial charge in [-0.25, -0.2) is 4.90 Å². The van der Waals surface area contributed by atoms with Crippen LogP contribution in [-0.4, -0.2) is 18.9 Å². The molecule has 0 unspecified atom stereocenters. The van der Waals surface area contributed by atoms with Crippen molar-refractivity contribution in [3.63, 3.8) is 0 Å². The number of carbonyl (C=O) groups is 2. The summed E-state index contributed by atoms with van der Waals surface area (Å²) >= 11 is 0. The van der Waals surface area contributed by atoms with Crippen molar-refractivity contribution in [1.29, 1.82) is 0 Å². The quantitative estimate of drug-likeness (QED) is 0.817. The summed E-state index contributed by atoms with van der Waals surface area (Å²) < 4.78 is 5.09. The summed E-state index contributed by atoms with van der Waals surface area (Å²) in [7, 11) is 1.57. The Hall–Kier alpha value is -2.88. The van der Waals surface area contributed by atoms with Gasteiger partial charge in [0.15, 0.2) is 0 Å². The normalized spacial score (nSPS) is 14.3. The summed E-state index contributed by atoms with van der Waals surface area (Å²) in [5.41, 5.74) is 2.81. The van der Waals surface area contributed by atoms with E-state index >= 15 is 0 Å². The fourth-order valence-electron chi connectivity index (χ4n) is 2.39. The van der Waals surface area contributed by atoms with E-state index in [1.807, 2.05) is 31.2 Å². The van der Waals surface area contributed by atoms with E-state index in [0.717, 1.165) is 11.1 Å². The van der Waals surface area contributed by atoms with Crippen LogP contribution in [0, 0.1) is 6.92 Å². The first kappa shape index (κ1) is 14.1. The molecule has 0 bridgehead atoms. The molecule has 2 amide bonds. The summed E-state index contributed by atoms with van der Waals surface area (Å²) in [6, 6.07) is 14.4. The van der Waals surface area contributed by atoms with Crippen molar-refractivity contribution in [1.82, 2.24) is 0 Å². The van der Waals surface area contributed by atoms with Gasteiger partial charge in [-0.1, -0.05) is 29.8 Å². The van der Waals surface area contributed by atoms with E-state index in [0.29, 0.717) is 17.0 Å². The number of ether oxygens (including phenoxy) is 1.